The second-order valence-corrected chi connectivity index (χ2v) is 6.90. The molecule has 1 aliphatic rings. The molecule has 1 unspecified atom stereocenters. The molecule has 22 heavy (non-hydrogen) atoms. The smallest absolute Gasteiger partial charge is 0.341 e. The quantitative estimate of drug-likeness (QED) is 0.811. The van der Waals surface area contributed by atoms with E-state index in [-0.39, 0.29) is 24.0 Å². The summed E-state index contributed by atoms with van der Waals surface area (Å²) in [4.78, 5) is 11.5. The topological polar surface area (TPSA) is 89.3 Å². The second-order valence-electron chi connectivity index (χ2n) is 4.98. The molecule has 0 aliphatic heterocycles. The molecule has 2 rings (SSSR count). The maximum absolute atomic E-state index is 12.4. The number of nitrogens with two attached hydrogens (primary N) is 1. The van der Waals surface area contributed by atoms with Gasteiger partial charge in [-0.1, -0.05) is 0 Å². The maximum Gasteiger partial charge on any atom is 0.341 e. The van der Waals surface area contributed by atoms with E-state index in [2.05, 4.69) is 5.32 Å². The predicted octanol–water partition coefficient (Wildman–Crippen LogP) is 1.57. The Kier molecular flexibility index (Phi) is 6.27. The number of carbonyl (C=O) groups is 1. The highest BCUT2D eigenvalue weighted by Crippen LogP contribution is 2.32. The van der Waals surface area contributed by atoms with Crippen LogP contribution in [-0.2, 0) is 9.84 Å². The third-order valence-corrected chi connectivity index (χ3v) is 4.84. The van der Waals surface area contributed by atoms with E-state index in [1.54, 1.807) is 0 Å². The van der Waals surface area contributed by atoms with Crippen molar-refractivity contribution in [1.82, 2.24) is 5.32 Å². The third kappa shape index (κ3) is 4.15. The first kappa shape index (κ1) is 18.8. The molecule has 1 atom stereocenters. The minimum absolute atomic E-state index is 0. The van der Waals surface area contributed by atoms with Crippen molar-refractivity contribution in [3.63, 3.8) is 0 Å². The van der Waals surface area contributed by atoms with Crippen molar-refractivity contribution in [2.45, 2.75) is 29.5 Å². The fourth-order valence-electron chi connectivity index (χ4n) is 2.02. The van der Waals surface area contributed by atoms with Crippen molar-refractivity contribution < 1.29 is 22.0 Å². The molecule has 1 fully saturated rings. The van der Waals surface area contributed by atoms with Crippen LogP contribution in [0.25, 0.3) is 0 Å². The first-order valence-electron chi connectivity index (χ1n) is 6.49. The maximum atomic E-state index is 12.4. The van der Waals surface area contributed by atoms with Crippen LogP contribution in [0.1, 0.15) is 23.2 Å². The molecule has 0 saturated heterocycles. The number of nitrogens with one attached hydrogen (secondary N) is 1. The number of rotatable bonds is 6. The monoisotopic (exact) mass is 354 g/mol. The summed E-state index contributed by atoms with van der Waals surface area (Å²) in [6.45, 7) is 0.328. The lowest BCUT2D eigenvalue weighted by atomic mass is 10.1. The van der Waals surface area contributed by atoms with Gasteiger partial charge in [0.2, 0.25) is 9.84 Å². The summed E-state index contributed by atoms with van der Waals surface area (Å²) in [6.07, 6.45) is 2.04. The van der Waals surface area contributed by atoms with E-state index >= 15 is 0 Å². The van der Waals surface area contributed by atoms with Gasteiger partial charge in [-0.15, -0.1) is 12.4 Å². The first-order chi connectivity index (χ1) is 9.86. The Balaban J connectivity index is 0.00000242. The third-order valence-electron chi connectivity index (χ3n) is 3.44. The second kappa shape index (κ2) is 7.34. The van der Waals surface area contributed by atoms with Crippen LogP contribution in [0, 0.1) is 5.92 Å². The first-order valence-corrected chi connectivity index (χ1v) is 8.04. The van der Waals surface area contributed by atoms with Crippen LogP contribution in [0.2, 0.25) is 0 Å². The lowest BCUT2D eigenvalue weighted by Crippen LogP contribution is -2.41. The standard InChI is InChI=1S/C13H16F2N2O3S.ClH/c14-13(15)21(19,20)10-5-3-9(4-6-10)12(18)17-11(7-16)8-1-2-8;/h3-6,8,11,13H,1-2,7,16H2,(H,17,18);1H. The minimum Gasteiger partial charge on any atom is -0.348 e. The van der Waals surface area contributed by atoms with Gasteiger partial charge < -0.3 is 11.1 Å². The molecular formula is C13H17ClF2N2O3S. The molecule has 1 aromatic rings. The summed E-state index contributed by atoms with van der Waals surface area (Å²) in [5, 5.41) is 2.76. The van der Waals surface area contributed by atoms with Gasteiger partial charge in [0, 0.05) is 18.2 Å². The normalized spacial score (nSPS) is 16.0. The average molecular weight is 355 g/mol. The Bertz CT molecular complexity index is 619. The van der Waals surface area contributed by atoms with Gasteiger partial charge in [0.1, 0.15) is 0 Å². The van der Waals surface area contributed by atoms with Crippen molar-refractivity contribution in [1.29, 1.82) is 0 Å². The molecule has 124 valence electrons. The molecule has 0 heterocycles. The lowest BCUT2D eigenvalue weighted by molar-refractivity contribution is 0.0933. The van der Waals surface area contributed by atoms with Crippen LogP contribution in [0.3, 0.4) is 0 Å². The molecule has 1 aromatic carbocycles. The van der Waals surface area contributed by atoms with E-state index in [1.807, 2.05) is 0 Å². The number of sulfone groups is 1. The molecule has 0 radical (unpaired) electrons. The summed E-state index contributed by atoms with van der Waals surface area (Å²) in [5.41, 5.74) is 5.79. The van der Waals surface area contributed by atoms with E-state index in [9.17, 15) is 22.0 Å². The van der Waals surface area contributed by atoms with Crippen molar-refractivity contribution in [2.75, 3.05) is 6.54 Å². The van der Waals surface area contributed by atoms with Gasteiger partial charge in [-0.3, -0.25) is 4.79 Å². The van der Waals surface area contributed by atoms with Crippen molar-refractivity contribution >= 4 is 28.2 Å². The van der Waals surface area contributed by atoms with Gasteiger partial charge in [-0.05, 0) is 43.0 Å². The summed E-state index contributed by atoms with van der Waals surface area (Å²) in [7, 11) is -4.64. The highest BCUT2D eigenvalue weighted by molar-refractivity contribution is 7.91. The summed E-state index contributed by atoms with van der Waals surface area (Å²) in [6, 6.07) is 4.33. The predicted molar refractivity (Wildman–Crippen MR) is 79.9 cm³/mol. The largest absolute Gasteiger partial charge is 0.348 e. The SMILES string of the molecule is Cl.NCC(NC(=O)c1ccc(S(=O)(=O)C(F)F)cc1)C1CC1. The van der Waals surface area contributed by atoms with Crippen molar-refractivity contribution in [3.8, 4) is 0 Å². The summed E-state index contributed by atoms with van der Waals surface area (Å²) < 4.78 is 47.3. The van der Waals surface area contributed by atoms with Crippen LogP contribution < -0.4 is 11.1 Å². The van der Waals surface area contributed by atoms with Gasteiger partial charge in [0.05, 0.1) is 4.90 Å². The zero-order valence-electron chi connectivity index (χ0n) is 11.5. The van der Waals surface area contributed by atoms with Gasteiger partial charge in [-0.2, -0.15) is 8.78 Å². The lowest BCUT2D eigenvalue weighted by Gasteiger charge is -2.16. The van der Waals surface area contributed by atoms with E-state index in [1.165, 1.54) is 12.1 Å². The molecule has 1 saturated carbocycles. The van der Waals surface area contributed by atoms with Crippen LogP contribution in [0.5, 0.6) is 0 Å². The molecule has 5 nitrogen and oxygen atoms in total. The van der Waals surface area contributed by atoms with Crippen molar-refractivity contribution in [2.24, 2.45) is 11.7 Å². The Hall–Kier alpha value is -1.25. The summed E-state index contributed by atoms with van der Waals surface area (Å²) in [5.74, 6) is -3.48. The molecule has 0 spiro atoms. The average Bonchev–Trinajstić information content (AvgIpc) is 3.29. The molecule has 3 N–H and O–H groups in total. The van der Waals surface area contributed by atoms with E-state index < -0.39 is 26.4 Å². The van der Waals surface area contributed by atoms with Crippen LogP contribution in [-0.4, -0.2) is 32.7 Å². The number of hydrogen-bond acceptors (Lipinski definition) is 4. The van der Waals surface area contributed by atoms with Gasteiger partial charge >= 0.3 is 5.76 Å². The zero-order valence-corrected chi connectivity index (χ0v) is 13.2. The zero-order chi connectivity index (χ0) is 15.6. The summed E-state index contributed by atoms with van der Waals surface area (Å²) >= 11 is 0. The number of halogens is 3. The minimum atomic E-state index is -4.64. The fourth-order valence-corrected chi connectivity index (χ4v) is 2.74. The molecular weight excluding hydrogens is 338 g/mol. The van der Waals surface area contributed by atoms with Gasteiger partial charge in [0.15, 0.2) is 0 Å². The van der Waals surface area contributed by atoms with Crippen LogP contribution >= 0.6 is 12.4 Å². The number of benzene rings is 1. The van der Waals surface area contributed by atoms with Crippen LogP contribution in [0.4, 0.5) is 8.78 Å². The van der Waals surface area contributed by atoms with Crippen LogP contribution in [0.15, 0.2) is 29.2 Å². The fraction of sp³-hybridized carbons (Fsp3) is 0.462. The van der Waals surface area contributed by atoms with E-state index in [0.29, 0.717) is 12.5 Å². The molecule has 1 aliphatic carbocycles. The van der Waals surface area contributed by atoms with E-state index in [0.717, 1.165) is 25.0 Å². The highest BCUT2D eigenvalue weighted by atomic mass is 35.5. The molecule has 9 heteroatoms. The number of carbonyl (C=O) groups excluding carboxylic acids is 1. The van der Waals surface area contributed by atoms with Crippen molar-refractivity contribution in [3.05, 3.63) is 29.8 Å². The Morgan fingerprint density at radius 2 is 1.82 bits per heavy atom. The van der Waals surface area contributed by atoms with Gasteiger partial charge in [-0.25, -0.2) is 8.42 Å². The highest BCUT2D eigenvalue weighted by Gasteiger charge is 2.31. The number of alkyl halides is 2. The number of hydrogen-bond donors (Lipinski definition) is 2. The van der Waals surface area contributed by atoms with Gasteiger partial charge in [0.25, 0.3) is 5.91 Å². The molecule has 1 amide bonds. The Labute approximate surface area is 133 Å². The molecule has 0 aromatic heterocycles. The Morgan fingerprint density at radius 1 is 1.27 bits per heavy atom. The van der Waals surface area contributed by atoms with E-state index in [4.69, 9.17) is 5.73 Å². The molecule has 0 bridgehead atoms. The Morgan fingerprint density at radius 3 is 2.23 bits per heavy atom. The number of amides is 1.